The number of carbonyl (C=O) groups is 1. The standard InChI is InChI=1S/C14H18OS2/c1-2-11-3-5-12(6-4-11)9-13(15)14-10-16-7-8-17-14/h3-6,14H,2,7-10H2,1H3. The number of thioether (sulfide) groups is 2. The van der Waals surface area contributed by atoms with Crippen molar-refractivity contribution in [2.75, 3.05) is 17.3 Å². The maximum absolute atomic E-state index is 12.1. The van der Waals surface area contributed by atoms with Crippen LogP contribution in [-0.4, -0.2) is 28.3 Å². The van der Waals surface area contributed by atoms with Crippen LogP contribution in [0.25, 0.3) is 0 Å². The van der Waals surface area contributed by atoms with Crippen molar-refractivity contribution < 1.29 is 4.79 Å². The number of Topliss-reactive ketones (excluding diaryl/α,β-unsaturated/α-hetero) is 1. The predicted molar refractivity (Wildman–Crippen MR) is 78.1 cm³/mol. The van der Waals surface area contributed by atoms with Crippen molar-refractivity contribution in [3.05, 3.63) is 35.4 Å². The second kappa shape index (κ2) is 6.50. The van der Waals surface area contributed by atoms with E-state index >= 15 is 0 Å². The van der Waals surface area contributed by atoms with Gasteiger partial charge in [-0.05, 0) is 17.5 Å². The molecule has 0 radical (unpaired) electrons. The normalized spacial score (nSPS) is 20.2. The smallest absolute Gasteiger partial charge is 0.151 e. The van der Waals surface area contributed by atoms with Crippen LogP contribution in [0, 0.1) is 0 Å². The molecule has 1 aliphatic heterocycles. The second-order valence-corrected chi connectivity index (χ2v) is 6.71. The molecule has 92 valence electrons. The molecule has 0 amide bonds. The molecule has 1 saturated heterocycles. The first-order valence-corrected chi connectivity index (χ1v) is 8.30. The Hall–Kier alpha value is -0.410. The Morgan fingerprint density at radius 1 is 1.24 bits per heavy atom. The lowest BCUT2D eigenvalue weighted by atomic mass is 10.0. The van der Waals surface area contributed by atoms with E-state index < -0.39 is 0 Å². The van der Waals surface area contributed by atoms with Crippen molar-refractivity contribution in [3.63, 3.8) is 0 Å². The van der Waals surface area contributed by atoms with E-state index in [0.717, 1.165) is 23.5 Å². The highest BCUT2D eigenvalue weighted by atomic mass is 32.2. The minimum Gasteiger partial charge on any atom is -0.298 e. The molecule has 1 aromatic carbocycles. The van der Waals surface area contributed by atoms with E-state index in [1.807, 2.05) is 23.5 Å². The molecule has 1 aliphatic rings. The SMILES string of the molecule is CCc1ccc(CC(=O)C2CSCCS2)cc1. The number of benzene rings is 1. The summed E-state index contributed by atoms with van der Waals surface area (Å²) in [5, 5.41) is 0.222. The Labute approximate surface area is 112 Å². The van der Waals surface area contributed by atoms with Gasteiger partial charge in [-0.3, -0.25) is 4.79 Å². The third kappa shape index (κ3) is 3.78. The summed E-state index contributed by atoms with van der Waals surface area (Å²) in [6.45, 7) is 2.15. The summed E-state index contributed by atoms with van der Waals surface area (Å²) in [4.78, 5) is 12.1. The Morgan fingerprint density at radius 2 is 1.94 bits per heavy atom. The lowest BCUT2D eigenvalue weighted by molar-refractivity contribution is -0.117. The van der Waals surface area contributed by atoms with Crippen molar-refractivity contribution in [2.24, 2.45) is 0 Å². The minimum atomic E-state index is 0.222. The van der Waals surface area contributed by atoms with E-state index in [0.29, 0.717) is 12.2 Å². The lowest BCUT2D eigenvalue weighted by Crippen LogP contribution is -2.25. The number of rotatable bonds is 4. The molecule has 0 aromatic heterocycles. The quantitative estimate of drug-likeness (QED) is 0.833. The average Bonchev–Trinajstić information content (AvgIpc) is 2.40. The molecule has 2 rings (SSSR count). The summed E-state index contributed by atoms with van der Waals surface area (Å²) in [5.74, 6) is 3.71. The molecule has 1 unspecified atom stereocenters. The van der Waals surface area contributed by atoms with E-state index in [9.17, 15) is 4.79 Å². The predicted octanol–water partition coefficient (Wildman–Crippen LogP) is 3.21. The summed E-state index contributed by atoms with van der Waals surface area (Å²) < 4.78 is 0. The van der Waals surface area contributed by atoms with Crippen LogP contribution in [0.15, 0.2) is 24.3 Å². The highest BCUT2D eigenvalue weighted by Crippen LogP contribution is 2.25. The maximum Gasteiger partial charge on any atom is 0.151 e. The monoisotopic (exact) mass is 266 g/mol. The number of hydrogen-bond acceptors (Lipinski definition) is 3. The van der Waals surface area contributed by atoms with Gasteiger partial charge in [-0.2, -0.15) is 11.8 Å². The maximum atomic E-state index is 12.1. The number of carbonyl (C=O) groups excluding carboxylic acids is 1. The highest BCUT2D eigenvalue weighted by Gasteiger charge is 2.21. The van der Waals surface area contributed by atoms with E-state index in [4.69, 9.17) is 0 Å². The number of hydrogen-bond donors (Lipinski definition) is 0. The van der Waals surface area contributed by atoms with Crippen molar-refractivity contribution >= 4 is 29.3 Å². The van der Waals surface area contributed by atoms with Crippen LogP contribution in [0.3, 0.4) is 0 Å². The van der Waals surface area contributed by atoms with Gasteiger partial charge in [-0.15, -0.1) is 11.8 Å². The minimum absolute atomic E-state index is 0.222. The van der Waals surface area contributed by atoms with Crippen molar-refractivity contribution in [1.29, 1.82) is 0 Å². The first-order valence-electron chi connectivity index (χ1n) is 6.09. The van der Waals surface area contributed by atoms with E-state index in [1.165, 1.54) is 11.3 Å². The molecule has 3 heteroatoms. The van der Waals surface area contributed by atoms with Gasteiger partial charge >= 0.3 is 0 Å². The van der Waals surface area contributed by atoms with Gasteiger partial charge in [0.15, 0.2) is 5.78 Å². The van der Waals surface area contributed by atoms with Gasteiger partial charge in [0.2, 0.25) is 0 Å². The van der Waals surface area contributed by atoms with Gasteiger partial charge in [-0.1, -0.05) is 31.2 Å². The highest BCUT2D eigenvalue weighted by molar-refractivity contribution is 8.07. The largest absolute Gasteiger partial charge is 0.298 e. The third-order valence-electron chi connectivity index (χ3n) is 2.98. The van der Waals surface area contributed by atoms with Crippen LogP contribution in [0.4, 0.5) is 0 Å². The lowest BCUT2D eigenvalue weighted by Gasteiger charge is -2.19. The molecular formula is C14H18OS2. The molecule has 1 nitrogen and oxygen atoms in total. The van der Waals surface area contributed by atoms with Crippen molar-refractivity contribution in [3.8, 4) is 0 Å². The van der Waals surface area contributed by atoms with Gasteiger partial charge in [0, 0.05) is 23.7 Å². The van der Waals surface area contributed by atoms with Crippen LogP contribution in [-0.2, 0) is 17.6 Å². The van der Waals surface area contributed by atoms with Gasteiger partial charge in [-0.25, -0.2) is 0 Å². The Kier molecular flexibility index (Phi) is 4.99. The van der Waals surface area contributed by atoms with Gasteiger partial charge in [0.05, 0.1) is 5.25 Å². The molecule has 0 saturated carbocycles. The van der Waals surface area contributed by atoms with Crippen LogP contribution in [0.1, 0.15) is 18.1 Å². The molecule has 0 N–H and O–H groups in total. The van der Waals surface area contributed by atoms with Gasteiger partial charge < -0.3 is 0 Å². The number of ketones is 1. The molecule has 0 aliphatic carbocycles. The van der Waals surface area contributed by atoms with Gasteiger partial charge in [0.1, 0.15) is 0 Å². The van der Waals surface area contributed by atoms with Crippen LogP contribution in [0.2, 0.25) is 0 Å². The topological polar surface area (TPSA) is 17.1 Å². The average molecular weight is 266 g/mol. The Balaban J connectivity index is 1.92. The molecular weight excluding hydrogens is 248 g/mol. The zero-order chi connectivity index (χ0) is 12.1. The third-order valence-corrected chi connectivity index (χ3v) is 5.79. The summed E-state index contributed by atoms with van der Waals surface area (Å²) in [6, 6.07) is 8.45. The Bertz CT molecular complexity index is 366. The summed E-state index contributed by atoms with van der Waals surface area (Å²) in [6.07, 6.45) is 1.66. The second-order valence-electron chi connectivity index (χ2n) is 4.25. The van der Waals surface area contributed by atoms with Crippen LogP contribution in [0.5, 0.6) is 0 Å². The molecule has 17 heavy (non-hydrogen) atoms. The zero-order valence-corrected chi connectivity index (χ0v) is 11.8. The first-order chi connectivity index (χ1) is 8.29. The molecule has 1 atom stereocenters. The van der Waals surface area contributed by atoms with Crippen LogP contribution < -0.4 is 0 Å². The van der Waals surface area contributed by atoms with Crippen molar-refractivity contribution in [2.45, 2.75) is 25.0 Å². The summed E-state index contributed by atoms with van der Waals surface area (Å²) in [5.41, 5.74) is 2.49. The molecule has 0 bridgehead atoms. The Morgan fingerprint density at radius 3 is 2.53 bits per heavy atom. The zero-order valence-electron chi connectivity index (χ0n) is 10.1. The fourth-order valence-corrected chi connectivity index (χ4v) is 4.53. The molecule has 1 fully saturated rings. The van der Waals surface area contributed by atoms with Gasteiger partial charge in [0.25, 0.3) is 0 Å². The molecule has 1 aromatic rings. The summed E-state index contributed by atoms with van der Waals surface area (Å²) in [7, 11) is 0. The van der Waals surface area contributed by atoms with E-state index in [1.54, 1.807) is 0 Å². The molecule has 0 spiro atoms. The fourth-order valence-electron chi connectivity index (χ4n) is 1.88. The number of aryl methyl sites for hydroxylation is 1. The van der Waals surface area contributed by atoms with Crippen molar-refractivity contribution in [1.82, 2.24) is 0 Å². The van der Waals surface area contributed by atoms with E-state index in [2.05, 4.69) is 31.2 Å². The first kappa shape index (κ1) is 13.0. The van der Waals surface area contributed by atoms with E-state index in [-0.39, 0.29) is 5.25 Å². The molecule has 1 heterocycles. The fraction of sp³-hybridized carbons (Fsp3) is 0.500. The summed E-state index contributed by atoms with van der Waals surface area (Å²) >= 11 is 3.73. The van der Waals surface area contributed by atoms with Crippen LogP contribution >= 0.6 is 23.5 Å².